The summed E-state index contributed by atoms with van der Waals surface area (Å²) in [7, 11) is 0. The zero-order chi connectivity index (χ0) is 34.5. The van der Waals surface area contributed by atoms with Gasteiger partial charge in [-0.1, -0.05) is 72.7 Å². The van der Waals surface area contributed by atoms with Gasteiger partial charge in [-0.25, -0.2) is 4.79 Å². The van der Waals surface area contributed by atoms with E-state index in [0.717, 1.165) is 25.7 Å². The summed E-state index contributed by atoms with van der Waals surface area (Å²) >= 11 is 0. The number of hydrogen-bond donors (Lipinski definition) is 1. The van der Waals surface area contributed by atoms with Crippen LogP contribution in [-0.2, 0) is 23.8 Å². The number of phenolic OH excluding ortho intramolecular Hbond substituents is 1. The summed E-state index contributed by atoms with van der Waals surface area (Å²) in [5, 5.41) is 9.01. The highest BCUT2D eigenvalue weighted by Gasteiger charge is 2.40. The van der Waals surface area contributed by atoms with Crippen molar-refractivity contribution in [3.8, 4) is 5.75 Å². The maximum Gasteiger partial charge on any atom is 0.338 e. The molecule has 1 heterocycles. The number of cyclic esters (lactones) is 1. The maximum absolute atomic E-state index is 12.4. The Morgan fingerprint density at radius 2 is 1.39 bits per heavy atom. The Morgan fingerprint density at radius 3 is 1.80 bits per heavy atom. The molecule has 1 saturated heterocycles. The van der Waals surface area contributed by atoms with Crippen LogP contribution < -0.4 is 0 Å². The largest absolute Gasteiger partial charge is 0.508 e. The van der Waals surface area contributed by atoms with Crippen molar-refractivity contribution in [2.45, 2.75) is 137 Å². The number of phenols is 1. The first-order chi connectivity index (χ1) is 21.7. The van der Waals surface area contributed by atoms with Crippen LogP contribution in [0.5, 0.6) is 5.75 Å². The summed E-state index contributed by atoms with van der Waals surface area (Å²) < 4.78 is 15.8. The van der Waals surface area contributed by atoms with Gasteiger partial charge in [0.2, 0.25) is 0 Å². The minimum atomic E-state index is -0.481. The van der Waals surface area contributed by atoms with Gasteiger partial charge in [0.25, 0.3) is 0 Å². The smallest absolute Gasteiger partial charge is 0.338 e. The quantitative estimate of drug-likeness (QED) is 0.204. The third kappa shape index (κ3) is 11.5. The van der Waals surface area contributed by atoms with Crippen molar-refractivity contribution in [2.75, 3.05) is 6.61 Å². The van der Waals surface area contributed by atoms with Crippen molar-refractivity contribution in [3.05, 3.63) is 65.2 Å². The molecule has 0 spiro atoms. The highest BCUT2D eigenvalue weighted by atomic mass is 16.6. The topological polar surface area (TPSA) is 99.1 Å². The lowest BCUT2D eigenvalue weighted by Gasteiger charge is -2.33. The molecule has 46 heavy (non-hydrogen) atoms. The van der Waals surface area contributed by atoms with Crippen molar-refractivity contribution in [1.29, 1.82) is 0 Å². The van der Waals surface area contributed by atoms with Gasteiger partial charge in [0.05, 0.1) is 17.4 Å². The van der Waals surface area contributed by atoms with Gasteiger partial charge in [-0.15, -0.1) is 0 Å². The number of hydrogen-bond acceptors (Lipinski definition) is 7. The SMILES string of the molecule is CCC(C)(C)C(=O)OC1COC(=O)C1.CCC(C)c1ccc(C(=O)OC2(C(C)C)CCCC2)cc1.CCC(C)c1ccc(O)cc1. The third-order valence-electron chi connectivity index (χ3n) is 9.74. The van der Waals surface area contributed by atoms with Crippen molar-refractivity contribution in [3.63, 3.8) is 0 Å². The fraction of sp³-hybridized carbons (Fsp3) is 0.615. The Bertz CT molecular complexity index is 1220. The predicted molar refractivity (Wildman–Crippen MR) is 183 cm³/mol. The van der Waals surface area contributed by atoms with Gasteiger partial charge in [0.15, 0.2) is 0 Å². The first kappa shape index (κ1) is 38.8. The summed E-state index contributed by atoms with van der Waals surface area (Å²) in [4.78, 5) is 34.7. The second kappa shape index (κ2) is 18.1. The van der Waals surface area contributed by atoms with E-state index in [1.54, 1.807) is 12.1 Å². The first-order valence-corrected chi connectivity index (χ1v) is 17.2. The van der Waals surface area contributed by atoms with Crippen LogP contribution >= 0.6 is 0 Å². The first-order valence-electron chi connectivity index (χ1n) is 17.2. The van der Waals surface area contributed by atoms with Crippen molar-refractivity contribution >= 4 is 17.9 Å². The molecule has 3 unspecified atom stereocenters. The van der Waals surface area contributed by atoms with E-state index in [1.807, 2.05) is 45.0 Å². The Kier molecular flexibility index (Phi) is 15.3. The second-order valence-corrected chi connectivity index (χ2v) is 13.8. The highest BCUT2D eigenvalue weighted by Crippen LogP contribution is 2.40. The van der Waals surface area contributed by atoms with Crippen LogP contribution in [0.3, 0.4) is 0 Å². The number of esters is 3. The van der Waals surface area contributed by atoms with E-state index in [1.165, 1.54) is 24.0 Å². The third-order valence-corrected chi connectivity index (χ3v) is 9.74. The van der Waals surface area contributed by atoms with Crippen LogP contribution in [-0.4, -0.2) is 41.3 Å². The van der Waals surface area contributed by atoms with Crippen LogP contribution in [0, 0.1) is 11.3 Å². The number of benzene rings is 2. The molecule has 4 rings (SSSR count). The molecule has 1 aliphatic heterocycles. The molecule has 7 nitrogen and oxygen atoms in total. The molecular formula is C39H58O7. The van der Waals surface area contributed by atoms with E-state index >= 15 is 0 Å². The van der Waals surface area contributed by atoms with E-state index in [9.17, 15) is 14.4 Å². The molecule has 2 aromatic carbocycles. The zero-order valence-corrected chi connectivity index (χ0v) is 29.7. The zero-order valence-electron chi connectivity index (χ0n) is 29.7. The van der Waals surface area contributed by atoms with Crippen molar-refractivity contribution < 1.29 is 33.7 Å². The number of ether oxygens (including phenoxy) is 3. The lowest BCUT2D eigenvalue weighted by Crippen LogP contribution is -2.37. The second-order valence-electron chi connectivity index (χ2n) is 13.8. The summed E-state index contributed by atoms with van der Waals surface area (Å²) in [5.41, 5.74) is 2.53. The number of rotatable bonds is 10. The van der Waals surface area contributed by atoms with Gasteiger partial charge < -0.3 is 19.3 Å². The molecule has 1 saturated carbocycles. The van der Waals surface area contributed by atoms with Crippen LogP contribution in [0.2, 0.25) is 0 Å². The van der Waals surface area contributed by atoms with E-state index in [2.05, 4.69) is 53.7 Å². The summed E-state index contributed by atoms with van der Waals surface area (Å²) in [5.74, 6) is 1.13. The van der Waals surface area contributed by atoms with Crippen LogP contribution in [0.1, 0.15) is 147 Å². The molecule has 0 amide bonds. The molecule has 0 radical (unpaired) electrons. The van der Waals surface area contributed by atoms with Crippen molar-refractivity contribution in [2.24, 2.45) is 11.3 Å². The van der Waals surface area contributed by atoms with E-state index in [-0.39, 0.29) is 42.6 Å². The average molecular weight is 639 g/mol. The summed E-state index contributed by atoms with van der Waals surface area (Å²) in [6.45, 7) is 18.8. The number of carbonyl (C=O) groups excluding carboxylic acids is 3. The lowest BCUT2D eigenvalue weighted by atomic mass is 9.88. The molecule has 0 bridgehead atoms. The van der Waals surface area contributed by atoms with Gasteiger partial charge in [0.1, 0.15) is 24.1 Å². The molecule has 2 aliphatic rings. The molecule has 1 aliphatic carbocycles. The van der Waals surface area contributed by atoms with E-state index in [0.29, 0.717) is 35.5 Å². The molecule has 1 N–H and O–H groups in total. The average Bonchev–Trinajstić information content (AvgIpc) is 3.70. The Morgan fingerprint density at radius 1 is 0.891 bits per heavy atom. The normalized spacial score (nSPS) is 18.3. The van der Waals surface area contributed by atoms with Crippen LogP contribution in [0.4, 0.5) is 0 Å². The molecule has 3 atom stereocenters. The molecule has 2 fully saturated rings. The fourth-order valence-electron chi connectivity index (χ4n) is 5.26. The fourth-order valence-corrected chi connectivity index (χ4v) is 5.26. The molecule has 256 valence electrons. The van der Waals surface area contributed by atoms with Crippen molar-refractivity contribution in [1.82, 2.24) is 0 Å². The Balaban J connectivity index is 0.000000256. The number of aromatic hydroxyl groups is 1. The van der Waals surface area contributed by atoms with Gasteiger partial charge in [-0.2, -0.15) is 0 Å². The standard InChI is InChI=1S/C19H28O2.C10H16O4.C10H14O/c1-5-15(4)16-8-10-17(11-9-16)18(20)21-19(14(2)3)12-6-7-13-19;1-4-10(2,3)9(12)14-7-5-8(11)13-6-7;1-3-8(2)9-4-6-10(11)7-5-9/h8-11,14-15H,5-7,12-13H2,1-4H3;7H,4-6H2,1-3H3;4-8,11H,3H2,1-2H3. The molecule has 7 heteroatoms. The minimum absolute atomic E-state index is 0.165. The van der Waals surface area contributed by atoms with Gasteiger partial charge in [-0.3, -0.25) is 9.59 Å². The van der Waals surface area contributed by atoms with Crippen LogP contribution in [0.15, 0.2) is 48.5 Å². The molecule has 0 aromatic heterocycles. The molecule has 2 aromatic rings. The van der Waals surface area contributed by atoms with E-state index in [4.69, 9.17) is 19.3 Å². The monoisotopic (exact) mass is 638 g/mol. The maximum atomic E-state index is 12.4. The van der Waals surface area contributed by atoms with Crippen LogP contribution in [0.25, 0.3) is 0 Å². The van der Waals surface area contributed by atoms with E-state index < -0.39 is 5.41 Å². The lowest BCUT2D eigenvalue weighted by molar-refractivity contribution is -0.159. The summed E-state index contributed by atoms with van der Waals surface area (Å²) in [6.07, 6.45) is 7.10. The predicted octanol–water partition coefficient (Wildman–Crippen LogP) is 9.51. The van der Waals surface area contributed by atoms with Gasteiger partial charge in [-0.05, 0) is 112 Å². The summed E-state index contributed by atoms with van der Waals surface area (Å²) in [6, 6.07) is 15.4. The molecular weight excluding hydrogens is 580 g/mol. The number of carbonyl (C=O) groups is 3. The highest BCUT2D eigenvalue weighted by molar-refractivity contribution is 5.89. The Hall–Kier alpha value is -3.35. The minimum Gasteiger partial charge on any atom is -0.508 e. The van der Waals surface area contributed by atoms with Gasteiger partial charge >= 0.3 is 17.9 Å². The Labute approximate surface area is 277 Å². The van der Waals surface area contributed by atoms with Gasteiger partial charge in [0, 0.05) is 0 Å².